The average molecular weight is 444 g/mol. The summed E-state index contributed by atoms with van der Waals surface area (Å²) >= 11 is 0. The van der Waals surface area contributed by atoms with Crippen LogP contribution < -0.4 is 10.2 Å². The third-order valence-electron chi connectivity index (χ3n) is 5.72. The molecule has 7 nitrogen and oxygen atoms in total. The van der Waals surface area contributed by atoms with Gasteiger partial charge in [-0.15, -0.1) is 0 Å². The molecule has 0 unspecified atom stereocenters. The van der Waals surface area contributed by atoms with Gasteiger partial charge in [0.15, 0.2) is 0 Å². The lowest BCUT2D eigenvalue weighted by Gasteiger charge is -2.34. The lowest BCUT2D eigenvalue weighted by atomic mass is 10.2. The molecule has 2 aliphatic heterocycles. The predicted molar refractivity (Wildman–Crippen MR) is 121 cm³/mol. The van der Waals surface area contributed by atoms with Gasteiger partial charge in [-0.25, -0.2) is 8.42 Å². The maximum absolute atomic E-state index is 13.1. The number of sulfonamides is 1. The highest BCUT2D eigenvalue weighted by atomic mass is 32.2. The normalized spacial score (nSPS) is 22.5. The van der Waals surface area contributed by atoms with Gasteiger partial charge in [-0.1, -0.05) is 6.07 Å². The highest BCUT2D eigenvalue weighted by molar-refractivity contribution is 7.89. The van der Waals surface area contributed by atoms with E-state index < -0.39 is 10.0 Å². The summed E-state index contributed by atoms with van der Waals surface area (Å²) in [4.78, 5) is 15.2. The van der Waals surface area contributed by atoms with Crippen LogP contribution in [0.25, 0.3) is 0 Å². The molecule has 2 saturated heterocycles. The van der Waals surface area contributed by atoms with Crippen molar-refractivity contribution in [2.75, 3.05) is 36.4 Å². The largest absolute Gasteiger partial charge is 0.373 e. The number of anilines is 2. The summed E-state index contributed by atoms with van der Waals surface area (Å²) in [5, 5.41) is 2.86. The Morgan fingerprint density at radius 3 is 2.29 bits per heavy atom. The monoisotopic (exact) mass is 443 g/mol. The molecule has 2 fully saturated rings. The minimum absolute atomic E-state index is 0.117. The van der Waals surface area contributed by atoms with Crippen LogP contribution in [-0.4, -0.2) is 57.0 Å². The van der Waals surface area contributed by atoms with Crippen LogP contribution in [0.4, 0.5) is 11.4 Å². The van der Waals surface area contributed by atoms with Gasteiger partial charge in [-0.2, -0.15) is 4.31 Å². The van der Waals surface area contributed by atoms with Gasteiger partial charge < -0.3 is 15.0 Å². The van der Waals surface area contributed by atoms with E-state index in [1.165, 1.54) is 29.3 Å². The van der Waals surface area contributed by atoms with Crippen LogP contribution in [0.2, 0.25) is 0 Å². The van der Waals surface area contributed by atoms with Crippen LogP contribution in [0.5, 0.6) is 0 Å². The highest BCUT2D eigenvalue weighted by Gasteiger charge is 2.32. The molecule has 1 N–H and O–H groups in total. The van der Waals surface area contributed by atoms with Gasteiger partial charge in [0.1, 0.15) is 0 Å². The smallest absolute Gasteiger partial charge is 0.255 e. The van der Waals surface area contributed by atoms with Gasteiger partial charge in [0, 0.05) is 43.1 Å². The molecule has 1 amide bonds. The van der Waals surface area contributed by atoms with Crippen LogP contribution in [0.15, 0.2) is 53.4 Å². The van der Waals surface area contributed by atoms with E-state index in [9.17, 15) is 13.2 Å². The van der Waals surface area contributed by atoms with Gasteiger partial charge in [0.05, 0.1) is 17.1 Å². The fourth-order valence-corrected chi connectivity index (χ4v) is 5.84. The Balaban J connectivity index is 1.48. The maximum Gasteiger partial charge on any atom is 0.255 e. The number of amides is 1. The molecule has 4 rings (SSSR count). The number of carbonyl (C=O) groups excluding carboxylic acids is 1. The highest BCUT2D eigenvalue weighted by Crippen LogP contribution is 2.24. The van der Waals surface area contributed by atoms with E-state index in [1.807, 2.05) is 38.1 Å². The minimum atomic E-state index is -3.70. The molecular weight excluding hydrogens is 414 g/mol. The predicted octanol–water partition coefficient (Wildman–Crippen LogP) is 3.34. The standard InChI is InChI=1S/C23H29N3O4S/c1-17-15-26(16-18(2)30-17)31(28,29)22-7-5-6-19(14-22)23(27)24-20-8-10-21(11-9-20)25-12-3-4-13-25/h5-11,14,17-18H,3-4,12-13,15-16H2,1-2H3,(H,24,27)/t17-,18-/m0/s1. The number of nitrogens with zero attached hydrogens (tertiary/aromatic N) is 2. The summed E-state index contributed by atoms with van der Waals surface area (Å²) < 4.78 is 33.3. The summed E-state index contributed by atoms with van der Waals surface area (Å²) in [5.41, 5.74) is 2.13. The molecule has 8 heteroatoms. The second kappa shape index (κ2) is 8.98. The van der Waals surface area contributed by atoms with Gasteiger partial charge in [0.25, 0.3) is 5.91 Å². The van der Waals surface area contributed by atoms with Gasteiger partial charge in [-0.05, 0) is 69.2 Å². The van der Waals surface area contributed by atoms with Crippen LogP contribution >= 0.6 is 0 Å². The van der Waals surface area contributed by atoms with Crippen molar-refractivity contribution in [2.45, 2.75) is 43.8 Å². The zero-order valence-corrected chi connectivity index (χ0v) is 18.8. The van der Waals surface area contributed by atoms with Crippen molar-refractivity contribution in [2.24, 2.45) is 0 Å². The number of carbonyl (C=O) groups is 1. The Hall–Kier alpha value is -2.42. The molecule has 2 atom stereocenters. The first-order valence-electron chi connectivity index (χ1n) is 10.7. The molecule has 166 valence electrons. The Kier molecular flexibility index (Phi) is 6.31. The zero-order valence-electron chi connectivity index (χ0n) is 18.0. The lowest BCUT2D eigenvalue weighted by Crippen LogP contribution is -2.48. The molecular formula is C23H29N3O4S. The van der Waals surface area contributed by atoms with Crippen molar-refractivity contribution in [1.82, 2.24) is 4.31 Å². The summed E-state index contributed by atoms with van der Waals surface area (Å²) in [7, 11) is -3.70. The third kappa shape index (κ3) is 4.92. The van der Waals surface area contributed by atoms with Crippen LogP contribution in [0.3, 0.4) is 0 Å². The summed E-state index contributed by atoms with van der Waals surface area (Å²) in [6.45, 7) is 6.44. The van der Waals surface area contributed by atoms with E-state index in [4.69, 9.17) is 4.74 Å². The molecule has 0 aliphatic carbocycles. The maximum atomic E-state index is 13.1. The molecule has 31 heavy (non-hydrogen) atoms. The summed E-state index contributed by atoms with van der Waals surface area (Å²) in [6, 6.07) is 14.0. The number of hydrogen-bond acceptors (Lipinski definition) is 5. The molecule has 2 heterocycles. The third-order valence-corrected chi connectivity index (χ3v) is 7.54. The fourth-order valence-electron chi connectivity index (χ4n) is 4.21. The molecule has 0 saturated carbocycles. The molecule has 2 aromatic carbocycles. The molecule has 0 spiro atoms. The first-order valence-corrected chi connectivity index (χ1v) is 12.2. The summed E-state index contributed by atoms with van der Waals surface area (Å²) in [6.07, 6.45) is 2.07. The zero-order chi connectivity index (χ0) is 22.0. The topological polar surface area (TPSA) is 79.0 Å². The number of morpholine rings is 1. The quantitative estimate of drug-likeness (QED) is 0.767. The number of nitrogens with one attached hydrogen (secondary N) is 1. The molecule has 0 radical (unpaired) electrons. The molecule has 2 aliphatic rings. The number of ether oxygens (including phenoxy) is 1. The SMILES string of the molecule is C[C@H]1CN(S(=O)(=O)c2cccc(C(=O)Nc3ccc(N4CCCC4)cc3)c2)C[C@H](C)O1. The number of benzene rings is 2. The molecule has 0 bridgehead atoms. The second-order valence-corrected chi connectivity index (χ2v) is 10.2. The summed E-state index contributed by atoms with van der Waals surface area (Å²) in [5.74, 6) is -0.338. The van der Waals surface area contributed by atoms with Crippen LogP contribution in [0, 0.1) is 0 Å². The van der Waals surface area contributed by atoms with Crippen molar-refractivity contribution in [3.8, 4) is 0 Å². The van der Waals surface area contributed by atoms with Crippen LogP contribution in [-0.2, 0) is 14.8 Å². The van der Waals surface area contributed by atoms with Crippen LogP contribution in [0.1, 0.15) is 37.0 Å². The van der Waals surface area contributed by atoms with Crippen molar-refractivity contribution in [3.63, 3.8) is 0 Å². The van der Waals surface area contributed by atoms with E-state index in [1.54, 1.807) is 12.1 Å². The van der Waals surface area contributed by atoms with Crippen molar-refractivity contribution in [3.05, 3.63) is 54.1 Å². The van der Waals surface area contributed by atoms with E-state index in [0.29, 0.717) is 24.3 Å². The van der Waals surface area contributed by atoms with E-state index in [0.717, 1.165) is 18.8 Å². The van der Waals surface area contributed by atoms with E-state index in [2.05, 4.69) is 10.2 Å². The van der Waals surface area contributed by atoms with Crippen molar-refractivity contribution >= 4 is 27.3 Å². The second-order valence-electron chi connectivity index (χ2n) is 8.30. The Morgan fingerprint density at radius 2 is 1.65 bits per heavy atom. The van der Waals surface area contributed by atoms with Gasteiger partial charge in [0.2, 0.25) is 10.0 Å². The Labute approximate surface area is 184 Å². The van der Waals surface area contributed by atoms with E-state index in [-0.39, 0.29) is 23.0 Å². The number of hydrogen-bond donors (Lipinski definition) is 1. The van der Waals surface area contributed by atoms with Crippen molar-refractivity contribution in [1.29, 1.82) is 0 Å². The van der Waals surface area contributed by atoms with Gasteiger partial charge >= 0.3 is 0 Å². The minimum Gasteiger partial charge on any atom is -0.373 e. The fraction of sp³-hybridized carbons (Fsp3) is 0.435. The van der Waals surface area contributed by atoms with Gasteiger partial charge in [-0.3, -0.25) is 4.79 Å². The lowest BCUT2D eigenvalue weighted by molar-refractivity contribution is -0.0440. The van der Waals surface area contributed by atoms with Crippen molar-refractivity contribution < 1.29 is 17.9 Å². The number of rotatable bonds is 5. The van der Waals surface area contributed by atoms with E-state index >= 15 is 0 Å². The Morgan fingerprint density at radius 1 is 1.00 bits per heavy atom. The molecule has 0 aromatic heterocycles. The Bertz CT molecular complexity index is 1020. The first kappa shape index (κ1) is 21.8. The average Bonchev–Trinajstić information content (AvgIpc) is 3.28. The first-order chi connectivity index (χ1) is 14.8. The molecule has 2 aromatic rings.